The van der Waals surface area contributed by atoms with Crippen LogP contribution in [0.1, 0.15) is 30.0 Å². The van der Waals surface area contributed by atoms with E-state index in [0.29, 0.717) is 34.4 Å². The Hall–Kier alpha value is -3.49. The summed E-state index contributed by atoms with van der Waals surface area (Å²) in [5.74, 6) is 0.621. The number of amidine groups is 1. The number of ether oxygens (including phenoxy) is 1. The lowest BCUT2D eigenvalue weighted by molar-refractivity contribution is -0.123. The van der Waals surface area contributed by atoms with E-state index in [4.69, 9.17) is 16.3 Å². The number of carbonyl (C=O) groups excluding carboxylic acids is 2. The molecule has 1 saturated heterocycles. The number of anilines is 1. The van der Waals surface area contributed by atoms with E-state index in [9.17, 15) is 9.59 Å². The fourth-order valence-corrected chi connectivity index (χ4v) is 5.04. The second-order valence-electron chi connectivity index (χ2n) is 8.83. The smallest absolute Gasteiger partial charge is 0.265 e. The predicted molar refractivity (Wildman–Crippen MR) is 150 cm³/mol. The Morgan fingerprint density at radius 3 is 2.57 bits per heavy atom. The van der Waals surface area contributed by atoms with E-state index in [1.807, 2.05) is 76.2 Å². The first kappa shape index (κ1) is 26.6. The second-order valence-corrected chi connectivity index (χ2v) is 10.4. The van der Waals surface area contributed by atoms with Crippen molar-refractivity contribution in [2.24, 2.45) is 4.99 Å². The maximum absolute atomic E-state index is 13.2. The van der Waals surface area contributed by atoms with Gasteiger partial charge in [0.1, 0.15) is 16.8 Å². The van der Waals surface area contributed by atoms with Crippen molar-refractivity contribution >= 4 is 52.4 Å². The number of rotatable bonds is 8. The highest BCUT2D eigenvalue weighted by Crippen LogP contribution is 2.34. The molecule has 2 amide bonds. The summed E-state index contributed by atoms with van der Waals surface area (Å²) >= 11 is 7.60. The van der Waals surface area contributed by atoms with Crippen molar-refractivity contribution in [3.63, 3.8) is 0 Å². The van der Waals surface area contributed by atoms with Crippen molar-refractivity contribution in [2.45, 2.75) is 50.4 Å². The number of thioether (sulfide) groups is 1. The molecule has 1 heterocycles. The molecule has 1 fully saturated rings. The van der Waals surface area contributed by atoms with Crippen LogP contribution in [0.25, 0.3) is 0 Å². The molecule has 4 rings (SSSR count). The van der Waals surface area contributed by atoms with Gasteiger partial charge < -0.3 is 10.1 Å². The number of aryl methyl sites for hydroxylation is 3. The van der Waals surface area contributed by atoms with Crippen molar-refractivity contribution in [1.82, 2.24) is 10.9 Å². The molecule has 2 unspecified atom stereocenters. The Balaban J connectivity index is 1.53. The number of para-hydroxylation sites is 1. The van der Waals surface area contributed by atoms with Crippen molar-refractivity contribution in [2.75, 3.05) is 5.32 Å². The van der Waals surface area contributed by atoms with Gasteiger partial charge in [0.05, 0.1) is 16.4 Å². The quantitative estimate of drug-likeness (QED) is 0.334. The summed E-state index contributed by atoms with van der Waals surface area (Å²) in [6.45, 7) is 7.83. The number of hydrogen-bond donors (Lipinski definition) is 3. The monoisotopic (exact) mass is 536 g/mol. The Labute approximate surface area is 226 Å². The zero-order valence-electron chi connectivity index (χ0n) is 21.1. The summed E-state index contributed by atoms with van der Waals surface area (Å²) in [4.78, 5) is 31.2. The highest BCUT2D eigenvalue weighted by atomic mass is 35.5. The number of benzene rings is 3. The van der Waals surface area contributed by atoms with Crippen molar-refractivity contribution in [1.29, 1.82) is 0 Å². The molecule has 37 heavy (non-hydrogen) atoms. The van der Waals surface area contributed by atoms with Crippen LogP contribution in [0.2, 0.25) is 5.02 Å². The summed E-state index contributed by atoms with van der Waals surface area (Å²) in [6.07, 6.45) is -0.172. The summed E-state index contributed by atoms with van der Waals surface area (Å²) in [5.41, 5.74) is 9.76. The van der Waals surface area contributed by atoms with Crippen molar-refractivity contribution in [3.05, 3.63) is 82.4 Å². The minimum atomic E-state index is -0.670. The van der Waals surface area contributed by atoms with E-state index in [0.717, 1.165) is 21.6 Å². The third kappa shape index (κ3) is 6.45. The zero-order chi connectivity index (χ0) is 26.5. The van der Waals surface area contributed by atoms with Crippen LogP contribution in [0.15, 0.2) is 70.6 Å². The highest BCUT2D eigenvalue weighted by Gasteiger charge is 2.33. The van der Waals surface area contributed by atoms with Gasteiger partial charge in [0.25, 0.3) is 11.8 Å². The van der Waals surface area contributed by atoms with E-state index in [1.165, 1.54) is 11.8 Å². The first-order valence-electron chi connectivity index (χ1n) is 12.0. The molecular formula is C28H29ClN4O3S. The standard InChI is InChI=1S/C28H29ClN4O3S/c1-5-22(36-23-13-11-16(2)14-18(23)4)27(34)31-20-8-6-7-9-24(20)37-25-26(32-33-28(25)35)30-21-15-17(3)10-12-19(21)29/h6-15,22,25H,5H2,1-4H3,(H,30,32)(H,31,34)(H,33,35). The van der Waals surface area contributed by atoms with Gasteiger partial charge in [-0.1, -0.05) is 54.4 Å². The molecular weight excluding hydrogens is 508 g/mol. The van der Waals surface area contributed by atoms with Gasteiger partial charge in [-0.15, -0.1) is 11.8 Å². The van der Waals surface area contributed by atoms with Gasteiger partial charge in [-0.3, -0.25) is 20.4 Å². The molecule has 192 valence electrons. The van der Waals surface area contributed by atoms with E-state index in [2.05, 4.69) is 21.2 Å². The van der Waals surface area contributed by atoms with Crippen LogP contribution < -0.4 is 20.9 Å². The Bertz CT molecular complexity index is 1360. The van der Waals surface area contributed by atoms with Crippen LogP contribution in [-0.4, -0.2) is 29.0 Å². The van der Waals surface area contributed by atoms with Gasteiger partial charge in [-0.05, 0) is 68.7 Å². The third-order valence-electron chi connectivity index (χ3n) is 5.80. The van der Waals surface area contributed by atoms with Gasteiger partial charge >= 0.3 is 0 Å². The average Bonchev–Trinajstić information content (AvgIpc) is 3.20. The average molecular weight is 537 g/mol. The maximum Gasteiger partial charge on any atom is 0.265 e. The molecule has 0 spiro atoms. The molecule has 0 bridgehead atoms. The number of hydrogen-bond acceptors (Lipinski definition) is 5. The van der Waals surface area contributed by atoms with E-state index < -0.39 is 11.4 Å². The van der Waals surface area contributed by atoms with Crippen LogP contribution in [0, 0.1) is 20.8 Å². The van der Waals surface area contributed by atoms with Crippen LogP contribution in [0.4, 0.5) is 11.4 Å². The minimum Gasteiger partial charge on any atom is -0.480 e. The molecule has 0 saturated carbocycles. The molecule has 3 aromatic rings. The molecule has 1 aliphatic heterocycles. The van der Waals surface area contributed by atoms with Crippen LogP contribution in [-0.2, 0) is 9.59 Å². The van der Waals surface area contributed by atoms with Crippen LogP contribution in [0.5, 0.6) is 5.75 Å². The molecule has 0 radical (unpaired) electrons. The molecule has 0 aliphatic carbocycles. The first-order chi connectivity index (χ1) is 17.7. The number of nitrogens with zero attached hydrogens (tertiary/aromatic N) is 1. The molecule has 3 aromatic carbocycles. The number of hydrazine groups is 1. The lowest BCUT2D eigenvalue weighted by Gasteiger charge is -2.20. The zero-order valence-corrected chi connectivity index (χ0v) is 22.7. The summed E-state index contributed by atoms with van der Waals surface area (Å²) in [6, 6.07) is 18.8. The fourth-order valence-electron chi connectivity index (χ4n) is 3.83. The highest BCUT2D eigenvalue weighted by molar-refractivity contribution is 8.01. The molecule has 0 aromatic heterocycles. The number of nitrogens with one attached hydrogen (secondary N) is 3. The van der Waals surface area contributed by atoms with Gasteiger partial charge in [0, 0.05) is 4.90 Å². The number of amides is 2. The Kier molecular flexibility index (Phi) is 8.41. The Morgan fingerprint density at radius 2 is 1.81 bits per heavy atom. The van der Waals surface area contributed by atoms with Gasteiger partial charge in [0.15, 0.2) is 6.10 Å². The second kappa shape index (κ2) is 11.7. The van der Waals surface area contributed by atoms with Crippen molar-refractivity contribution < 1.29 is 14.3 Å². The molecule has 1 aliphatic rings. The molecule has 3 N–H and O–H groups in total. The molecule has 2 atom stereocenters. The first-order valence-corrected chi connectivity index (χ1v) is 13.2. The lowest BCUT2D eigenvalue weighted by atomic mass is 10.1. The molecule has 7 nitrogen and oxygen atoms in total. The topological polar surface area (TPSA) is 91.8 Å². The Morgan fingerprint density at radius 1 is 1.08 bits per heavy atom. The summed E-state index contributed by atoms with van der Waals surface area (Å²) < 4.78 is 6.05. The number of aliphatic imine (C=N–C) groups is 1. The number of halogens is 1. The normalized spacial score (nSPS) is 16.7. The SMILES string of the molecule is CCC(Oc1ccc(C)cc1C)C(=O)Nc1ccccc1SC1C(=O)NNC1=Nc1cc(C)ccc1Cl. The van der Waals surface area contributed by atoms with Gasteiger partial charge in [0.2, 0.25) is 0 Å². The third-order valence-corrected chi connectivity index (χ3v) is 7.40. The predicted octanol–water partition coefficient (Wildman–Crippen LogP) is 5.89. The summed E-state index contributed by atoms with van der Waals surface area (Å²) in [5, 5.41) is 2.83. The lowest BCUT2D eigenvalue weighted by Crippen LogP contribution is -2.32. The van der Waals surface area contributed by atoms with E-state index in [-0.39, 0.29) is 11.8 Å². The minimum absolute atomic E-state index is 0.238. The van der Waals surface area contributed by atoms with Crippen LogP contribution >= 0.6 is 23.4 Å². The van der Waals surface area contributed by atoms with Gasteiger partial charge in [-0.2, -0.15) is 0 Å². The van der Waals surface area contributed by atoms with Crippen molar-refractivity contribution in [3.8, 4) is 5.75 Å². The summed E-state index contributed by atoms with van der Waals surface area (Å²) in [7, 11) is 0. The van der Waals surface area contributed by atoms with E-state index in [1.54, 1.807) is 12.1 Å². The number of carbonyl (C=O) groups is 2. The largest absolute Gasteiger partial charge is 0.480 e. The van der Waals surface area contributed by atoms with Gasteiger partial charge in [-0.25, -0.2) is 4.99 Å². The maximum atomic E-state index is 13.2. The molecule has 9 heteroatoms. The van der Waals surface area contributed by atoms with Crippen LogP contribution in [0.3, 0.4) is 0 Å². The van der Waals surface area contributed by atoms with E-state index >= 15 is 0 Å². The fraction of sp³-hybridized carbons (Fsp3) is 0.250.